The van der Waals surface area contributed by atoms with Gasteiger partial charge in [-0.3, -0.25) is 4.79 Å². The third kappa shape index (κ3) is 4.25. The summed E-state index contributed by atoms with van der Waals surface area (Å²) in [5.74, 6) is -2.55. The van der Waals surface area contributed by atoms with Crippen LogP contribution in [0.2, 0.25) is 0 Å². The predicted octanol–water partition coefficient (Wildman–Crippen LogP) is 3.72. The van der Waals surface area contributed by atoms with Crippen LogP contribution < -0.4 is 0 Å². The summed E-state index contributed by atoms with van der Waals surface area (Å²) in [5.41, 5.74) is -1.18. The molecule has 2 N–H and O–H groups in total. The number of carbonyl (C=O) groups is 2. The molecule has 0 aliphatic heterocycles. The predicted molar refractivity (Wildman–Crippen MR) is 78.9 cm³/mol. The number of rotatable bonds is 5. The van der Waals surface area contributed by atoms with Gasteiger partial charge in [-0.05, 0) is 23.8 Å². The maximum atomic E-state index is 12.8. The van der Waals surface area contributed by atoms with E-state index < -0.39 is 28.9 Å². The van der Waals surface area contributed by atoms with Crippen molar-refractivity contribution in [3.05, 3.63) is 59.4 Å². The van der Waals surface area contributed by atoms with Crippen LogP contribution >= 0.6 is 11.8 Å². The van der Waals surface area contributed by atoms with Crippen molar-refractivity contribution in [1.82, 2.24) is 4.98 Å². The Hall–Kier alpha value is -2.55. The van der Waals surface area contributed by atoms with E-state index in [1.165, 1.54) is 18.2 Å². The molecule has 9 heteroatoms. The zero-order valence-electron chi connectivity index (χ0n) is 11.8. The van der Waals surface area contributed by atoms with Gasteiger partial charge in [0.2, 0.25) is 0 Å². The minimum atomic E-state index is -4.57. The fourth-order valence-corrected chi connectivity index (χ4v) is 2.77. The van der Waals surface area contributed by atoms with E-state index in [2.05, 4.69) is 4.98 Å². The van der Waals surface area contributed by atoms with Crippen LogP contribution in [-0.2, 0) is 11.0 Å². The van der Waals surface area contributed by atoms with Crippen LogP contribution in [0.15, 0.2) is 47.5 Å². The van der Waals surface area contributed by atoms with Gasteiger partial charge in [-0.2, -0.15) is 13.2 Å². The minimum Gasteiger partial charge on any atom is -0.480 e. The highest BCUT2D eigenvalue weighted by molar-refractivity contribution is 8.00. The monoisotopic (exact) mass is 357 g/mol. The molecule has 0 aliphatic rings. The molecule has 1 unspecified atom stereocenters. The third-order valence-electron chi connectivity index (χ3n) is 2.95. The molecule has 2 rings (SSSR count). The number of aromatic carboxylic acids is 1. The SMILES string of the molecule is O=C(O)c1ccc(SC(C(=O)O)c2cccc(C(F)(F)F)c2)cn1. The van der Waals surface area contributed by atoms with Crippen LogP contribution in [0.5, 0.6) is 0 Å². The van der Waals surface area contributed by atoms with Crippen LogP contribution in [0.4, 0.5) is 13.2 Å². The van der Waals surface area contributed by atoms with Crippen molar-refractivity contribution in [2.45, 2.75) is 16.3 Å². The summed E-state index contributed by atoms with van der Waals surface area (Å²) >= 11 is 0.767. The highest BCUT2D eigenvalue weighted by Crippen LogP contribution is 2.38. The van der Waals surface area contributed by atoms with Crippen LogP contribution in [0.1, 0.15) is 26.9 Å². The number of pyridine rings is 1. The van der Waals surface area contributed by atoms with Gasteiger partial charge in [-0.1, -0.05) is 18.2 Å². The average Bonchev–Trinajstić information content (AvgIpc) is 2.52. The Kier molecular flexibility index (Phi) is 5.13. The first kappa shape index (κ1) is 17.8. The Labute approximate surface area is 138 Å². The highest BCUT2D eigenvalue weighted by atomic mass is 32.2. The van der Waals surface area contributed by atoms with Crippen molar-refractivity contribution in [2.75, 3.05) is 0 Å². The number of aromatic nitrogens is 1. The number of halogens is 3. The first-order valence-electron chi connectivity index (χ1n) is 6.44. The van der Waals surface area contributed by atoms with Crippen molar-refractivity contribution >= 4 is 23.7 Å². The lowest BCUT2D eigenvalue weighted by molar-refractivity contribution is -0.139. The van der Waals surface area contributed by atoms with Crippen LogP contribution in [-0.4, -0.2) is 27.1 Å². The molecule has 2 aromatic rings. The summed E-state index contributed by atoms with van der Waals surface area (Å²) in [7, 11) is 0. The fourth-order valence-electron chi connectivity index (χ4n) is 1.85. The lowest BCUT2D eigenvalue weighted by atomic mass is 10.1. The van der Waals surface area contributed by atoms with Gasteiger partial charge < -0.3 is 10.2 Å². The summed E-state index contributed by atoms with van der Waals surface area (Å²) in [5, 5.41) is 16.8. The molecule has 0 amide bonds. The molecule has 1 heterocycles. The molecule has 0 spiro atoms. The van der Waals surface area contributed by atoms with Crippen LogP contribution in [0.25, 0.3) is 0 Å². The molecule has 0 radical (unpaired) electrons. The summed E-state index contributed by atoms with van der Waals surface area (Å²) in [6.07, 6.45) is -3.41. The van der Waals surface area contributed by atoms with E-state index in [0.717, 1.165) is 36.2 Å². The van der Waals surface area contributed by atoms with E-state index in [9.17, 15) is 27.9 Å². The zero-order chi connectivity index (χ0) is 17.9. The minimum absolute atomic E-state index is 0.0235. The summed E-state index contributed by atoms with van der Waals surface area (Å²) in [6, 6.07) is 6.61. The normalized spacial score (nSPS) is 12.6. The van der Waals surface area contributed by atoms with Gasteiger partial charge >= 0.3 is 18.1 Å². The molecule has 5 nitrogen and oxygen atoms in total. The number of carboxylic acid groups (broad SMARTS) is 2. The lowest BCUT2D eigenvalue weighted by Gasteiger charge is -2.14. The molecule has 0 bridgehead atoms. The zero-order valence-corrected chi connectivity index (χ0v) is 12.6. The van der Waals surface area contributed by atoms with Gasteiger partial charge in [0.15, 0.2) is 0 Å². The molecular formula is C15H10F3NO4S. The smallest absolute Gasteiger partial charge is 0.416 e. The topological polar surface area (TPSA) is 87.5 Å². The Bertz CT molecular complexity index is 762. The second-order valence-electron chi connectivity index (χ2n) is 4.64. The number of hydrogen-bond acceptors (Lipinski definition) is 4. The van der Waals surface area contributed by atoms with Crippen molar-refractivity contribution in [3.8, 4) is 0 Å². The molecule has 1 atom stereocenters. The number of aliphatic carboxylic acids is 1. The number of alkyl halides is 3. The Morgan fingerprint density at radius 2 is 1.83 bits per heavy atom. The van der Waals surface area contributed by atoms with Gasteiger partial charge in [-0.15, -0.1) is 11.8 Å². The van der Waals surface area contributed by atoms with E-state index in [0.29, 0.717) is 4.90 Å². The molecule has 0 aliphatic carbocycles. The van der Waals surface area contributed by atoms with E-state index in [-0.39, 0.29) is 11.3 Å². The molecule has 1 aromatic carbocycles. The lowest BCUT2D eigenvalue weighted by Crippen LogP contribution is -2.11. The molecule has 24 heavy (non-hydrogen) atoms. The average molecular weight is 357 g/mol. The Balaban J connectivity index is 2.30. The van der Waals surface area contributed by atoms with Gasteiger partial charge in [0.1, 0.15) is 10.9 Å². The second kappa shape index (κ2) is 6.91. The quantitative estimate of drug-likeness (QED) is 0.793. The molecule has 126 valence electrons. The molecule has 0 saturated heterocycles. The number of hydrogen-bond donors (Lipinski definition) is 2. The largest absolute Gasteiger partial charge is 0.480 e. The van der Waals surface area contributed by atoms with Gasteiger partial charge in [0, 0.05) is 11.1 Å². The summed E-state index contributed by atoms with van der Waals surface area (Å²) < 4.78 is 38.3. The first-order chi connectivity index (χ1) is 11.2. The van der Waals surface area contributed by atoms with Crippen molar-refractivity contribution in [1.29, 1.82) is 0 Å². The van der Waals surface area contributed by atoms with E-state index >= 15 is 0 Å². The first-order valence-corrected chi connectivity index (χ1v) is 7.32. The van der Waals surface area contributed by atoms with E-state index in [4.69, 9.17) is 5.11 Å². The third-order valence-corrected chi connectivity index (χ3v) is 4.17. The standard InChI is InChI=1S/C15H10F3NO4S/c16-15(17,18)9-3-1-2-8(6-9)12(14(22)23)24-10-4-5-11(13(20)21)19-7-10/h1-7,12H,(H,20,21)(H,22,23). The number of benzene rings is 1. The van der Waals surface area contributed by atoms with Gasteiger partial charge in [0.05, 0.1) is 5.56 Å². The Morgan fingerprint density at radius 3 is 2.33 bits per heavy atom. The Morgan fingerprint density at radius 1 is 1.12 bits per heavy atom. The van der Waals surface area contributed by atoms with E-state index in [1.807, 2.05) is 0 Å². The number of nitrogens with zero attached hydrogens (tertiary/aromatic N) is 1. The van der Waals surface area contributed by atoms with Gasteiger partial charge in [-0.25, -0.2) is 9.78 Å². The van der Waals surface area contributed by atoms with Crippen LogP contribution in [0.3, 0.4) is 0 Å². The summed E-state index contributed by atoms with van der Waals surface area (Å²) in [4.78, 5) is 26.1. The molecular weight excluding hydrogens is 347 g/mol. The second-order valence-corrected chi connectivity index (χ2v) is 5.82. The molecule has 0 saturated carbocycles. The maximum Gasteiger partial charge on any atom is 0.416 e. The highest BCUT2D eigenvalue weighted by Gasteiger charge is 2.32. The maximum absolute atomic E-state index is 12.8. The number of carboxylic acids is 2. The van der Waals surface area contributed by atoms with Crippen LogP contribution in [0, 0.1) is 0 Å². The number of thioether (sulfide) groups is 1. The van der Waals surface area contributed by atoms with Crippen molar-refractivity contribution in [3.63, 3.8) is 0 Å². The van der Waals surface area contributed by atoms with Crippen molar-refractivity contribution in [2.24, 2.45) is 0 Å². The molecule has 1 aromatic heterocycles. The molecule has 0 fully saturated rings. The van der Waals surface area contributed by atoms with Crippen molar-refractivity contribution < 1.29 is 33.0 Å². The fraction of sp³-hybridized carbons (Fsp3) is 0.133. The summed E-state index contributed by atoms with van der Waals surface area (Å²) in [6.45, 7) is 0. The van der Waals surface area contributed by atoms with Gasteiger partial charge in [0.25, 0.3) is 0 Å². The van der Waals surface area contributed by atoms with E-state index in [1.54, 1.807) is 0 Å².